The molecule has 0 N–H and O–H groups in total. The highest BCUT2D eigenvalue weighted by Gasteiger charge is 2.33. The minimum absolute atomic E-state index is 0.157. The number of benzene rings is 2. The summed E-state index contributed by atoms with van der Waals surface area (Å²) in [5, 5.41) is 7.97. The number of hydrogen-bond acceptors (Lipinski definition) is 5. The molecule has 8 heteroatoms. The summed E-state index contributed by atoms with van der Waals surface area (Å²) < 4.78 is 35.2. The Labute approximate surface area is 139 Å². The Balaban J connectivity index is 1.94. The first-order chi connectivity index (χ1) is 11.5. The van der Waals surface area contributed by atoms with Gasteiger partial charge in [0.2, 0.25) is 0 Å². The molecule has 0 amide bonds. The summed E-state index contributed by atoms with van der Waals surface area (Å²) >= 11 is 0. The van der Waals surface area contributed by atoms with Crippen LogP contribution < -0.4 is 9.04 Å². The molecule has 1 aliphatic heterocycles. The molecule has 3 aromatic rings. The lowest BCUT2D eigenvalue weighted by atomic mass is 10.1. The van der Waals surface area contributed by atoms with E-state index in [1.165, 1.54) is 4.31 Å². The quantitative estimate of drug-likeness (QED) is 0.709. The fourth-order valence-electron chi connectivity index (χ4n) is 3.02. The van der Waals surface area contributed by atoms with Gasteiger partial charge >= 0.3 is 0 Å². The monoisotopic (exact) mass is 344 g/mol. The molecule has 0 radical (unpaired) electrons. The van der Waals surface area contributed by atoms with Crippen molar-refractivity contribution in [1.29, 1.82) is 0 Å². The van der Waals surface area contributed by atoms with Crippen molar-refractivity contribution in [2.24, 2.45) is 7.05 Å². The Hall–Kier alpha value is -2.61. The van der Waals surface area contributed by atoms with Crippen LogP contribution in [-0.2, 0) is 17.1 Å². The largest absolute Gasteiger partial charge is 0.489 e. The summed E-state index contributed by atoms with van der Waals surface area (Å²) in [5.74, 6) is 0.580. The highest BCUT2D eigenvalue weighted by molar-refractivity contribution is 7.93. The summed E-state index contributed by atoms with van der Waals surface area (Å²) in [4.78, 5) is 0.157. The first-order valence-corrected chi connectivity index (χ1v) is 8.98. The van der Waals surface area contributed by atoms with Crippen molar-refractivity contribution in [1.82, 2.24) is 15.0 Å². The molecule has 24 heavy (non-hydrogen) atoms. The van der Waals surface area contributed by atoms with Gasteiger partial charge in [-0.1, -0.05) is 23.4 Å². The van der Waals surface area contributed by atoms with Gasteiger partial charge in [-0.25, -0.2) is 13.1 Å². The van der Waals surface area contributed by atoms with Gasteiger partial charge in [-0.15, -0.1) is 5.10 Å². The predicted octanol–water partition coefficient (Wildman–Crippen LogP) is 1.86. The molecule has 0 saturated carbocycles. The van der Waals surface area contributed by atoms with E-state index in [0.717, 1.165) is 5.56 Å². The number of hydrogen-bond donors (Lipinski definition) is 0. The molecule has 2 aromatic carbocycles. The van der Waals surface area contributed by atoms with Gasteiger partial charge in [0, 0.05) is 7.05 Å². The lowest BCUT2D eigenvalue weighted by molar-refractivity contribution is 0.315. The third kappa shape index (κ3) is 2.06. The van der Waals surface area contributed by atoms with E-state index in [0.29, 0.717) is 29.1 Å². The number of nitrogens with zero attached hydrogens (tertiary/aromatic N) is 4. The molecule has 0 spiro atoms. The van der Waals surface area contributed by atoms with E-state index in [1.54, 1.807) is 36.0 Å². The highest BCUT2D eigenvalue weighted by Crippen LogP contribution is 2.38. The molecule has 0 fully saturated rings. The van der Waals surface area contributed by atoms with E-state index in [1.807, 2.05) is 19.1 Å². The van der Waals surface area contributed by atoms with E-state index in [-0.39, 0.29) is 11.4 Å². The van der Waals surface area contributed by atoms with Gasteiger partial charge in [-0.3, -0.25) is 4.31 Å². The van der Waals surface area contributed by atoms with Crippen LogP contribution in [0.1, 0.15) is 5.56 Å². The van der Waals surface area contributed by atoms with E-state index >= 15 is 0 Å². The van der Waals surface area contributed by atoms with E-state index in [9.17, 15) is 8.42 Å². The molecule has 7 nitrogen and oxygen atoms in total. The van der Waals surface area contributed by atoms with Gasteiger partial charge in [0.15, 0.2) is 0 Å². The Morgan fingerprint density at radius 2 is 1.96 bits per heavy atom. The smallest absolute Gasteiger partial charge is 0.266 e. The fourth-order valence-corrected chi connectivity index (χ4v) is 4.68. The summed E-state index contributed by atoms with van der Waals surface area (Å²) in [5.41, 5.74) is 2.49. The van der Waals surface area contributed by atoms with Crippen LogP contribution in [0.3, 0.4) is 0 Å². The number of ether oxygens (including phenoxy) is 1. The number of aryl methyl sites for hydroxylation is 2. The second-order valence-corrected chi connectivity index (χ2v) is 7.51. The van der Waals surface area contributed by atoms with Crippen molar-refractivity contribution in [3.05, 3.63) is 42.0 Å². The number of rotatable bonds is 2. The molecule has 0 atom stereocenters. The average Bonchev–Trinajstić information content (AvgIpc) is 2.96. The maximum absolute atomic E-state index is 13.3. The topological polar surface area (TPSA) is 77.3 Å². The highest BCUT2D eigenvalue weighted by atomic mass is 32.2. The third-order valence-electron chi connectivity index (χ3n) is 4.18. The van der Waals surface area contributed by atoms with Crippen molar-refractivity contribution in [2.45, 2.75) is 11.8 Å². The van der Waals surface area contributed by atoms with Crippen LogP contribution in [0.5, 0.6) is 5.75 Å². The molecule has 1 aliphatic rings. The number of para-hydroxylation sites is 1. The van der Waals surface area contributed by atoms with Crippen molar-refractivity contribution < 1.29 is 13.2 Å². The summed E-state index contributed by atoms with van der Waals surface area (Å²) in [6, 6.07) is 10.6. The van der Waals surface area contributed by atoms with Crippen LogP contribution in [0, 0.1) is 6.92 Å². The molecule has 124 valence electrons. The van der Waals surface area contributed by atoms with Crippen LogP contribution in [-0.4, -0.2) is 36.6 Å². The zero-order valence-corrected chi connectivity index (χ0v) is 14.1. The molecule has 4 rings (SSSR count). The Bertz CT molecular complexity index is 1040. The van der Waals surface area contributed by atoms with E-state index in [4.69, 9.17) is 4.74 Å². The molecular formula is C16H16N4O3S. The molecule has 0 aliphatic carbocycles. The number of sulfonamides is 1. The van der Waals surface area contributed by atoms with Gasteiger partial charge in [-0.2, -0.15) is 0 Å². The van der Waals surface area contributed by atoms with Gasteiger partial charge in [0.25, 0.3) is 10.0 Å². The van der Waals surface area contributed by atoms with Crippen LogP contribution in [0.4, 0.5) is 5.69 Å². The zero-order chi connectivity index (χ0) is 16.9. The van der Waals surface area contributed by atoms with Crippen LogP contribution >= 0.6 is 0 Å². The minimum atomic E-state index is -3.77. The zero-order valence-electron chi connectivity index (χ0n) is 13.3. The predicted molar refractivity (Wildman–Crippen MR) is 89.7 cm³/mol. The fraction of sp³-hybridized carbons (Fsp3) is 0.250. The molecule has 0 unspecified atom stereocenters. The van der Waals surface area contributed by atoms with Crippen molar-refractivity contribution in [3.8, 4) is 5.75 Å². The van der Waals surface area contributed by atoms with Crippen LogP contribution in [0.25, 0.3) is 11.0 Å². The number of anilines is 1. The van der Waals surface area contributed by atoms with Gasteiger partial charge in [0.05, 0.1) is 17.7 Å². The number of fused-ring (bicyclic) bond motifs is 2. The summed E-state index contributed by atoms with van der Waals surface area (Å²) in [6.45, 7) is 2.45. The van der Waals surface area contributed by atoms with Crippen molar-refractivity contribution in [2.75, 3.05) is 17.5 Å². The third-order valence-corrected chi connectivity index (χ3v) is 6.01. The lowest BCUT2D eigenvalue weighted by Gasteiger charge is -2.31. The Kier molecular flexibility index (Phi) is 3.24. The maximum atomic E-state index is 13.3. The summed E-state index contributed by atoms with van der Waals surface area (Å²) in [6.07, 6.45) is 0. The average molecular weight is 344 g/mol. The van der Waals surface area contributed by atoms with Gasteiger partial charge in [-0.05, 0) is 30.7 Å². The van der Waals surface area contributed by atoms with Crippen molar-refractivity contribution >= 4 is 26.7 Å². The standard InChI is InChI=1S/C16H16N4O3S/c1-11-5-3-7-13-16(11)20(9-10-23-13)24(21,22)14-8-4-6-12-15(14)17-18-19(12)2/h3-8H,9-10H2,1-2H3. The minimum Gasteiger partial charge on any atom is -0.489 e. The SMILES string of the molecule is Cc1cccc2c1N(S(=O)(=O)c1cccc3c1nnn3C)CCO2. The Morgan fingerprint density at radius 3 is 2.79 bits per heavy atom. The number of aromatic nitrogens is 3. The Morgan fingerprint density at radius 1 is 1.17 bits per heavy atom. The van der Waals surface area contributed by atoms with Crippen LogP contribution in [0.15, 0.2) is 41.3 Å². The lowest BCUT2D eigenvalue weighted by Crippen LogP contribution is -2.38. The first kappa shape index (κ1) is 14.9. The maximum Gasteiger partial charge on any atom is 0.266 e. The molecule has 0 saturated heterocycles. The van der Waals surface area contributed by atoms with Gasteiger partial charge < -0.3 is 4.74 Å². The second-order valence-electron chi connectivity index (χ2n) is 5.68. The molecular weight excluding hydrogens is 328 g/mol. The molecule has 0 bridgehead atoms. The second kappa shape index (κ2) is 5.20. The van der Waals surface area contributed by atoms with Gasteiger partial charge in [0.1, 0.15) is 22.8 Å². The first-order valence-electron chi connectivity index (χ1n) is 7.54. The molecule has 1 aromatic heterocycles. The normalized spacial score (nSPS) is 14.5. The summed E-state index contributed by atoms with van der Waals surface area (Å²) in [7, 11) is -2.04. The molecule has 2 heterocycles. The van der Waals surface area contributed by atoms with E-state index in [2.05, 4.69) is 10.3 Å². The van der Waals surface area contributed by atoms with Crippen molar-refractivity contribution in [3.63, 3.8) is 0 Å². The van der Waals surface area contributed by atoms with E-state index < -0.39 is 10.0 Å². The van der Waals surface area contributed by atoms with Crippen LogP contribution in [0.2, 0.25) is 0 Å².